The van der Waals surface area contributed by atoms with E-state index in [1.54, 1.807) is 0 Å². The minimum Gasteiger partial charge on any atom is -0.342 e. The van der Waals surface area contributed by atoms with Crippen LogP contribution in [0, 0.1) is 0 Å². The third kappa shape index (κ3) is 3.01. The summed E-state index contributed by atoms with van der Waals surface area (Å²) in [7, 11) is 0. The highest BCUT2D eigenvalue weighted by Crippen LogP contribution is 2.37. The van der Waals surface area contributed by atoms with Crippen molar-refractivity contribution < 1.29 is 4.79 Å². The molecule has 0 radical (unpaired) electrons. The van der Waals surface area contributed by atoms with Crippen molar-refractivity contribution in [1.82, 2.24) is 15.1 Å². The van der Waals surface area contributed by atoms with Crippen LogP contribution in [0.3, 0.4) is 0 Å². The van der Waals surface area contributed by atoms with Crippen molar-refractivity contribution in [3.8, 4) is 0 Å². The lowest BCUT2D eigenvalue weighted by atomic mass is 9.95. The Kier molecular flexibility index (Phi) is 5.44. The molecule has 2 rings (SSSR count). The van der Waals surface area contributed by atoms with E-state index in [-0.39, 0.29) is 6.04 Å². The third-order valence-corrected chi connectivity index (χ3v) is 5.16. The predicted octanol–water partition coefficient (Wildman–Crippen LogP) is 1.85. The number of carbonyl (C=O) groups excluding carboxylic acids is 1. The lowest BCUT2D eigenvalue weighted by Crippen LogP contribution is -2.56. The fourth-order valence-electron chi connectivity index (χ4n) is 4.23. The molecule has 4 heteroatoms. The molecule has 20 heavy (non-hydrogen) atoms. The van der Waals surface area contributed by atoms with Gasteiger partial charge < -0.3 is 10.2 Å². The Morgan fingerprint density at radius 3 is 2.20 bits per heavy atom. The standard InChI is InChI=1S/C16H31N3O/c1-5-17-13-10-14-8-9-15(11-13)19(14)12(4)16(20)18(6-2)7-3/h12-15,17H,5-11H2,1-4H3. The maximum Gasteiger partial charge on any atom is 0.239 e. The van der Waals surface area contributed by atoms with Gasteiger partial charge in [0.25, 0.3) is 0 Å². The Morgan fingerprint density at radius 2 is 1.75 bits per heavy atom. The normalized spacial score (nSPS) is 31.3. The number of hydrogen-bond donors (Lipinski definition) is 1. The van der Waals surface area contributed by atoms with Gasteiger partial charge in [0.15, 0.2) is 0 Å². The summed E-state index contributed by atoms with van der Waals surface area (Å²) in [6.45, 7) is 11.1. The van der Waals surface area contributed by atoms with Gasteiger partial charge in [-0.3, -0.25) is 9.69 Å². The molecule has 0 aliphatic carbocycles. The number of likely N-dealkylation sites (N-methyl/N-ethyl adjacent to an activating group) is 1. The van der Waals surface area contributed by atoms with Crippen LogP contribution in [-0.2, 0) is 4.79 Å². The summed E-state index contributed by atoms with van der Waals surface area (Å²) in [5, 5.41) is 3.60. The fourth-order valence-corrected chi connectivity index (χ4v) is 4.23. The molecule has 4 nitrogen and oxygen atoms in total. The molecule has 116 valence electrons. The zero-order valence-electron chi connectivity index (χ0n) is 13.6. The Hall–Kier alpha value is -0.610. The van der Waals surface area contributed by atoms with Crippen molar-refractivity contribution in [1.29, 1.82) is 0 Å². The van der Waals surface area contributed by atoms with Crippen LogP contribution in [0.25, 0.3) is 0 Å². The topological polar surface area (TPSA) is 35.6 Å². The highest BCUT2D eigenvalue weighted by Gasteiger charge is 2.44. The predicted molar refractivity (Wildman–Crippen MR) is 82.7 cm³/mol. The zero-order valence-corrected chi connectivity index (χ0v) is 13.6. The van der Waals surface area contributed by atoms with Crippen LogP contribution in [0.5, 0.6) is 0 Å². The largest absolute Gasteiger partial charge is 0.342 e. The Bertz CT molecular complexity index is 316. The lowest BCUT2D eigenvalue weighted by molar-refractivity contribution is -0.138. The van der Waals surface area contributed by atoms with Crippen LogP contribution in [0.4, 0.5) is 0 Å². The van der Waals surface area contributed by atoms with Crippen LogP contribution in [-0.4, -0.2) is 59.5 Å². The van der Waals surface area contributed by atoms with Crippen molar-refractivity contribution in [2.75, 3.05) is 19.6 Å². The molecule has 0 spiro atoms. The van der Waals surface area contributed by atoms with E-state index in [1.807, 2.05) is 4.90 Å². The van der Waals surface area contributed by atoms with E-state index in [1.165, 1.54) is 25.7 Å². The number of piperidine rings is 1. The smallest absolute Gasteiger partial charge is 0.239 e. The zero-order chi connectivity index (χ0) is 14.7. The number of fused-ring (bicyclic) bond motifs is 2. The van der Waals surface area contributed by atoms with E-state index in [0.717, 1.165) is 19.6 Å². The Morgan fingerprint density at radius 1 is 1.20 bits per heavy atom. The summed E-state index contributed by atoms with van der Waals surface area (Å²) < 4.78 is 0. The van der Waals surface area contributed by atoms with Crippen molar-refractivity contribution >= 4 is 5.91 Å². The first-order valence-electron chi connectivity index (χ1n) is 8.41. The van der Waals surface area contributed by atoms with Crippen molar-refractivity contribution in [2.24, 2.45) is 0 Å². The first-order valence-corrected chi connectivity index (χ1v) is 8.41. The molecule has 2 aliphatic heterocycles. The van der Waals surface area contributed by atoms with Crippen LogP contribution in [0.2, 0.25) is 0 Å². The minimum atomic E-state index is 0.0509. The molecule has 2 aliphatic rings. The first kappa shape index (κ1) is 15.8. The van der Waals surface area contributed by atoms with E-state index in [9.17, 15) is 4.79 Å². The number of rotatable bonds is 6. The molecular formula is C16H31N3O. The van der Waals surface area contributed by atoms with Crippen LogP contribution < -0.4 is 5.32 Å². The maximum absolute atomic E-state index is 12.6. The summed E-state index contributed by atoms with van der Waals surface area (Å²) >= 11 is 0. The maximum atomic E-state index is 12.6. The molecule has 0 saturated carbocycles. The highest BCUT2D eigenvalue weighted by molar-refractivity contribution is 5.81. The summed E-state index contributed by atoms with van der Waals surface area (Å²) in [6.07, 6.45) is 4.95. The van der Waals surface area contributed by atoms with Gasteiger partial charge in [-0.05, 0) is 53.0 Å². The van der Waals surface area contributed by atoms with Gasteiger partial charge in [0.05, 0.1) is 6.04 Å². The molecule has 2 heterocycles. The molecule has 0 aromatic heterocycles. The van der Waals surface area contributed by atoms with Crippen LogP contribution in [0.1, 0.15) is 53.4 Å². The molecule has 0 aromatic rings. The number of carbonyl (C=O) groups is 1. The summed E-state index contributed by atoms with van der Waals surface area (Å²) in [5.41, 5.74) is 0. The third-order valence-electron chi connectivity index (χ3n) is 5.16. The molecular weight excluding hydrogens is 250 g/mol. The molecule has 3 atom stereocenters. The van der Waals surface area contributed by atoms with Gasteiger partial charge in [-0.25, -0.2) is 0 Å². The molecule has 1 amide bonds. The van der Waals surface area contributed by atoms with Gasteiger partial charge in [0.1, 0.15) is 0 Å². The molecule has 2 fully saturated rings. The summed E-state index contributed by atoms with van der Waals surface area (Å²) in [5.74, 6) is 0.314. The van der Waals surface area contributed by atoms with Gasteiger partial charge in [-0.1, -0.05) is 6.92 Å². The fraction of sp³-hybridized carbons (Fsp3) is 0.938. The molecule has 2 saturated heterocycles. The van der Waals surface area contributed by atoms with Crippen molar-refractivity contribution in [3.63, 3.8) is 0 Å². The quantitative estimate of drug-likeness (QED) is 0.807. The van der Waals surface area contributed by atoms with E-state index >= 15 is 0 Å². The second-order valence-corrected chi connectivity index (χ2v) is 6.24. The number of nitrogens with zero attached hydrogens (tertiary/aromatic N) is 2. The van der Waals surface area contributed by atoms with Crippen LogP contribution in [0.15, 0.2) is 0 Å². The molecule has 3 unspecified atom stereocenters. The number of amides is 1. The highest BCUT2D eigenvalue weighted by atomic mass is 16.2. The van der Waals surface area contributed by atoms with Crippen LogP contribution >= 0.6 is 0 Å². The Labute approximate surface area is 123 Å². The lowest BCUT2D eigenvalue weighted by Gasteiger charge is -2.43. The first-order chi connectivity index (χ1) is 9.62. The SMILES string of the molecule is CCNC1CC2CCC(C1)N2C(C)C(=O)N(CC)CC. The molecule has 0 aromatic carbocycles. The van der Waals surface area contributed by atoms with Gasteiger partial charge in [0, 0.05) is 31.2 Å². The number of nitrogens with one attached hydrogen (secondary N) is 1. The van der Waals surface area contributed by atoms with Gasteiger partial charge in [0.2, 0.25) is 5.91 Å². The second kappa shape index (κ2) is 6.90. The van der Waals surface area contributed by atoms with E-state index in [2.05, 4.69) is 37.9 Å². The average molecular weight is 281 g/mol. The average Bonchev–Trinajstić information content (AvgIpc) is 2.71. The summed E-state index contributed by atoms with van der Waals surface area (Å²) in [4.78, 5) is 17.1. The van der Waals surface area contributed by atoms with E-state index < -0.39 is 0 Å². The molecule has 1 N–H and O–H groups in total. The second-order valence-electron chi connectivity index (χ2n) is 6.24. The van der Waals surface area contributed by atoms with Crippen molar-refractivity contribution in [3.05, 3.63) is 0 Å². The van der Waals surface area contributed by atoms with Gasteiger partial charge >= 0.3 is 0 Å². The number of hydrogen-bond acceptors (Lipinski definition) is 3. The van der Waals surface area contributed by atoms with Gasteiger partial charge in [-0.15, -0.1) is 0 Å². The minimum absolute atomic E-state index is 0.0509. The molecule has 2 bridgehead atoms. The van der Waals surface area contributed by atoms with E-state index in [0.29, 0.717) is 24.0 Å². The summed E-state index contributed by atoms with van der Waals surface area (Å²) in [6, 6.07) is 1.92. The van der Waals surface area contributed by atoms with Crippen molar-refractivity contribution in [2.45, 2.75) is 77.5 Å². The Balaban J connectivity index is 2.01. The monoisotopic (exact) mass is 281 g/mol. The van der Waals surface area contributed by atoms with Gasteiger partial charge in [-0.2, -0.15) is 0 Å². The van der Waals surface area contributed by atoms with E-state index in [4.69, 9.17) is 0 Å².